The van der Waals surface area contributed by atoms with Crippen LogP contribution in [0.2, 0.25) is 0 Å². The Hall–Kier alpha value is -3.60. The van der Waals surface area contributed by atoms with Gasteiger partial charge in [-0.3, -0.25) is 0 Å². The summed E-state index contributed by atoms with van der Waals surface area (Å²) in [6, 6.07) is 35.9. The van der Waals surface area contributed by atoms with Crippen LogP contribution in [0, 0.1) is 6.92 Å². The number of hydrogen-bond donors (Lipinski definition) is 0. The highest BCUT2D eigenvalue weighted by Crippen LogP contribution is 2.50. The van der Waals surface area contributed by atoms with Crippen LogP contribution in [0.15, 0.2) is 123 Å². The Balaban J connectivity index is 1.25. The summed E-state index contributed by atoms with van der Waals surface area (Å²) in [7, 11) is 0. The number of fused-ring (bicyclic) bond motifs is 4. The fraction of sp³-hybridized carbons (Fsp3) is 0.0323. The fourth-order valence-electron chi connectivity index (χ4n) is 4.65. The second-order valence-corrected chi connectivity index (χ2v) is 10.8. The third-order valence-corrected chi connectivity index (χ3v) is 8.65. The summed E-state index contributed by atoms with van der Waals surface area (Å²) in [5.41, 5.74) is 5.95. The molecule has 2 nitrogen and oxygen atoms in total. The SMILES string of the molecule is Cc1c(-c2ccc3c(c2)Oc2ccccc2S3)cccc1-c1ccc2c(c1)Oc1ccccc1S2. The van der Waals surface area contributed by atoms with Crippen LogP contribution in [-0.2, 0) is 0 Å². The van der Waals surface area contributed by atoms with Gasteiger partial charge in [0, 0.05) is 0 Å². The Morgan fingerprint density at radius 2 is 0.914 bits per heavy atom. The van der Waals surface area contributed by atoms with Crippen molar-refractivity contribution in [3.63, 3.8) is 0 Å². The molecule has 0 spiro atoms. The minimum atomic E-state index is 0.911. The molecule has 2 aliphatic rings. The average molecular weight is 489 g/mol. The third-order valence-electron chi connectivity index (χ3n) is 6.42. The highest BCUT2D eigenvalue weighted by molar-refractivity contribution is 7.99. The molecule has 2 aliphatic heterocycles. The molecule has 5 aromatic rings. The Kier molecular flexibility index (Phi) is 4.90. The summed E-state index contributed by atoms with van der Waals surface area (Å²) in [6.45, 7) is 2.19. The first kappa shape index (κ1) is 20.7. The molecule has 7 rings (SSSR count). The number of benzene rings is 5. The molecule has 2 heterocycles. The van der Waals surface area contributed by atoms with Gasteiger partial charge >= 0.3 is 0 Å². The van der Waals surface area contributed by atoms with Crippen molar-refractivity contribution in [1.82, 2.24) is 0 Å². The van der Waals surface area contributed by atoms with Crippen LogP contribution in [0.3, 0.4) is 0 Å². The van der Waals surface area contributed by atoms with Crippen LogP contribution in [0.5, 0.6) is 23.0 Å². The lowest BCUT2D eigenvalue weighted by atomic mass is 9.92. The van der Waals surface area contributed by atoms with E-state index in [1.54, 1.807) is 23.5 Å². The molecule has 35 heavy (non-hydrogen) atoms. The smallest absolute Gasteiger partial charge is 0.142 e. The van der Waals surface area contributed by atoms with Crippen molar-refractivity contribution in [2.75, 3.05) is 0 Å². The number of ether oxygens (including phenoxy) is 2. The van der Waals surface area contributed by atoms with E-state index in [-0.39, 0.29) is 0 Å². The monoisotopic (exact) mass is 488 g/mol. The van der Waals surface area contributed by atoms with E-state index in [4.69, 9.17) is 9.47 Å². The average Bonchev–Trinajstić information content (AvgIpc) is 2.90. The number of rotatable bonds is 2. The topological polar surface area (TPSA) is 18.5 Å². The Bertz CT molecular complexity index is 1510. The first-order chi connectivity index (χ1) is 17.2. The standard InChI is InChI=1S/C31H20O2S2/c1-19-22(20-13-15-30-26(17-20)32-24-9-2-4-11-28(24)34-30)7-6-8-23(19)21-14-16-31-27(18-21)33-25-10-3-5-12-29(25)35-31/h2-18H,1H3. The molecule has 0 amide bonds. The van der Waals surface area contributed by atoms with Crippen LogP contribution < -0.4 is 9.47 Å². The van der Waals surface area contributed by atoms with E-state index in [2.05, 4.69) is 73.7 Å². The summed E-state index contributed by atoms with van der Waals surface area (Å²) >= 11 is 3.52. The third kappa shape index (κ3) is 3.61. The molecule has 4 heteroatoms. The molecule has 0 bridgehead atoms. The van der Waals surface area contributed by atoms with E-state index in [1.807, 2.05) is 36.4 Å². The van der Waals surface area contributed by atoms with Crippen LogP contribution in [-0.4, -0.2) is 0 Å². The maximum atomic E-state index is 6.25. The molecule has 0 aromatic heterocycles. The molecular formula is C31H20O2S2. The van der Waals surface area contributed by atoms with Gasteiger partial charge in [-0.15, -0.1) is 0 Å². The molecule has 168 valence electrons. The molecule has 0 aliphatic carbocycles. The van der Waals surface area contributed by atoms with Gasteiger partial charge < -0.3 is 9.47 Å². The highest BCUT2D eigenvalue weighted by Gasteiger charge is 2.20. The number of hydrogen-bond acceptors (Lipinski definition) is 4. The Labute approximate surface area is 212 Å². The molecule has 0 atom stereocenters. The van der Waals surface area contributed by atoms with Crippen LogP contribution >= 0.6 is 23.5 Å². The van der Waals surface area contributed by atoms with Crippen LogP contribution in [0.25, 0.3) is 22.3 Å². The lowest BCUT2D eigenvalue weighted by Crippen LogP contribution is -1.96. The maximum absolute atomic E-state index is 6.25. The molecule has 0 radical (unpaired) electrons. The van der Waals surface area contributed by atoms with Crippen molar-refractivity contribution in [1.29, 1.82) is 0 Å². The summed E-state index contributed by atoms with van der Waals surface area (Å²) in [6.07, 6.45) is 0. The maximum Gasteiger partial charge on any atom is 0.142 e. The van der Waals surface area contributed by atoms with Crippen molar-refractivity contribution in [2.45, 2.75) is 26.5 Å². The fourth-order valence-corrected chi connectivity index (χ4v) is 6.51. The van der Waals surface area contributed by atoms with Gasteiger partial charge in [-0.1, -0.05) is 78.1 Å². The van der Waals surface area contributed by atoms with Crippen LogP contribution in [0.4, 0.5) is 0 Å². The normalized spacial score (nSPS) is 12.9. The molecule has 0 unspecified atom stereocenters. The van der Waals surface area contributed by atoms with Crippen molar-refractivity contribution in [3.05, 3.63) is 109 Å². The minimum Gasteiger partial charge on any atom is -0.455 e. The predicted molar refractivity (Wildman–Crippen MR) is 143 cm³/mol. The second-order valence-electron chi connectivity index (χ2n) is 8.60. The van der Waals surface area contributed by atoms with Gasteiger partial charge in [-0.2, -0.15) is 0 Å². The van der Waals surface area contributed by atoms with E-state index in [1.165, 1.54) is 16.7 Å². The zero-order valence-corrected chi connectivity index (χ0v) is 20.6. The zero-order valence-electron chi connectivity index (χ0n) is 18.9. The van der Waals surface area contributed by atoms with E-state index in [0.29, 0.717) is 0 Å². The van der Waals surface area contributed by atoms with E-state index >= 15 is 0 Å². The van der Waals surface area contributed by atoms with Gasteiger partial charge in [-0.25, -0.2) is 0 Å². The van der Waals surface area contributed by atoms with E-state index < -0.39 is 0 Å². The molecule has 0 N–H and O–H groups in total. The zero-order chi connectivity index (χ0) is 23.4. The Morgan fingerprint density at radius 3 is 1.43 bits per heavy atom. The summed E-state index contributed by atoms with van der Waals surface area (Å²) in [4.78, 5) is 4.60. The Morgan fingerprint density at radius 1 is 0.457 bits per heavy atom. The lowest BCUT2D eigenvalue weighted by molar-refractivity contribution is 0.454. The minimum absolute atomic E-state index is 0.911. The molecule has 0 fully saturated rings. The van der Waals surface area contributed by atoms with Gasteiger partial charge in [-0.05, 0) is 83.3 Å². The molecule has 5 aromatic carbocycles. The highest BCUT2D eigenvalue weighted by atomic mass is 32.2. The molecule has 0 saturated heterocycles. The van der Waals surface area contributed by atoms with E-state index in [0.717, 1.165) is 53.7 Å². The van der Waals surface area contributed by atoms with Gasteiger partial charge in [0.05, 0.1) is 19.6 Å². The summed E-state index contributed by atoms with van der Waals surface area (Å²) in [5.74, 6) is 3.66. The largest absolute Gasteiger partial charge is 0.455 e. The predicted octanol–water partition coefficient (Wildman–Crippen LogP) is 9.84. The van der Waals surface area contributed by atoms with Crippen molar-refractivity contribution >= 4 is 23.5 Å². The van der Waals surface area contributed by atoms with Crippen molar-refractivity contribution in [2.24, 2.45) is 0 Å². The lowest BCUT2D eigenvalue weighted by Gasteiger charge is -2.21. The second kappa shape index (κ2) is 8.26. The van der Waals surface area contributed by atoms with Crippen molar-refractivity contribution in [3.8, 4) is 45.3 Å². The quantitative estimate of drug-likeness (QED) is 0.241. The molecular weight excluding hydrogens is 468 g/mol. The summed E-state index contributed by atoms with van der Waals surface area (Å²) in [5, 5.41) is 0. The first-order valence-electron chi connectivity index (χ1n) is 11.5. The van der Waals surface area contributed by atoms with Gasteiger partial charge in [0.2, 0.25) is 0 Å². The molecule has 0 saturated carbocycles. The van der Waals surface area contributed by atoms with Crippen LogP contribution in [0.1, 0.15) is 5.56 Å². The number of para-hydroxylation sites is 2. The van der Waals surface area contributed by atoms with Crippen molar-refractivity contribution < 1.29 is 9.47 Å². The summed E-state index contributed by atoms with van der Waals surface area (Å²) < 4.78 is 12.5. The van der Waals surface area contributed by atoms with Gasteiger partial charge in [0.25, 0.3) is 0 Å². The first-order valence-corrected chi connectivity index (χ1v) is 13.1. The van der Waals surface area contributed by atoms with Gasteiger partial charge in [0.1, 0.15) is 23.0 Å². The van der Waals surface area contributed by atoms with Gasteiger partial charge in [0.15, 0.2) is 0 Å². The van der Waals surface area contributed by atoms with E-state index in [9.17, 15) is 0 Å².